The van der Waals surface area contributed by atoms with Crippen molar-refractivity contribution in [1.29, 1.82) is 0 Å². The van der Waals surface area contributed by atoms with Gasteiger partial charge in [0.25, 0.3) is 0 Å². The van der Waals surface area contributed by atoms with Gasteiger partial charge in [0.2, 0.25) is 0 Å². The first-order chi connectivity index (χ1) is 30.7. The predicted octanol–water partition coefficient (Wildman–Crippen LogP) is 16.8. The van der Waals surface area contributed by atoms with Crippen LogP contribution in [0.3, 0.4) is 0 Å². The van der Waals surface area contributed by atoms with Crippen LogP contribution in [0.2, 0.25) is 0 Å². The van der Waals surface area contributed by atoms with Gasteiger partial charge in [-0.3, -0.25) is 0 Å². The molecule has 0 aliphatic heterocycles. The fraction of sp³-hybridized carbons (Fsp3) is 0. The van der Waals surface area contributed by atoms with Gasteiger partial charge in [0.1, 0.15) is 0 Å². The zero-order valence-corrected chi connectivity index (χ0v) is 34.2. The molecular weight excluding hydrogens is 745 g/mol. The Labute approximate surface area is 363 Å². The van der Waals surface area contributed by atoms with E-state index in [9.17, 15) is 0 Å². The molecular formula is C62H42. The Morgan fingerprint density at radius 3 is 0.935 bits per heavy atom. The zero-order chi connectivity index (χ0) is 41.2. The van der Waals surface area contributed by atoms with E-state index in [1.54, 1.807) is 0 Å². The molecule has 0 fully saturated rings. The molecule has 0 atom stereocenters. The maximum absolute atomic E-state index is 2.33. The van der Waals surface area contributed by atoms with Crippen LogP contribution in [0.15, 0.2) is 243 Å². The minimum Gasteiger partial charge on any atom is -0.0622 e. The van der Waals surface area contributed by atoms with Crippen molar-refractivity contribution in [2.24, 2.45) is 0 Å². The number of hydrogen-bond donors (Lipinski definition) is 0. The third-order valence-corrected chi connectivity index (χ3v) is 12.2. The fourth-order valence-electron chi connectivity index (χ4n) is 9.19. The Morgan fingerprint density at radius 2 is 0.565 bits per heavy atom. The molecule has 0 saturated carbocycles. The molecule has 0 heteroatoms. The van der Waals surface area contributed by atoms with Crippen molar-refractivity contribution in [2.75, 3.05) is 0 Å². The van der Waals surface area contributed by atoms with E-state index in [-0.39, 0.29) is 0 Å². The second-order valence-corrected chi connectivity index (χ2v) is 16.1. The van der Waals surface area contributed by atoms with Crippen LogP contribution in [0, 0.1) is 0 Å². The lowest BCUT2D eigenvalue weighted by atomic mass is 9.85. The van der Waals surface area contributed by atoms with Crippen molar-refractivity contribution in [2.45, 2.75) is 0 Å². The predicted molar refractivity (Wildman–Crippen MR) is 267 cm³/mol. The molecule has 0 bridgehead atoms. The first kappa shape index (κ1) is 37.0. The third kappa shape index (κ3) is 7.08. The summed E-state index contributed by atoms with van der Waals surface area (Å²) >= 11 is 0. The first-order valence-electron chi connectivity index (χ1n) is 21.4. The Morgan fingerprint density at radius 1 is 0.242 bits per heavy atom. The van der Waals surface area contributed by atoms with Crippen molar-refractivity contribution in [3.05, 3.63) is 276 Å². The van der Waals surface area contributed by atoms with Gasteiger partial charge in [-0.15, -0.1) is 0 Å². The van der Waals surface area contributed by atoms with Gasteiger partial charge in [0.15, 0.2) is 0 Å². The monoisotopic (exact) mass is 786 g/mol. The van der Waals surface area contributed by atoms with E-state index in [0.29, 0.717) is 0 Å². The molecule has 0 radical (unpaired) electrons. The number of fused-ring (bicyclic) bond motifs is 4. The highest BCUT2D eigenvalue weighted by atomic mass is 14.2. The van der Waals surface area contributed by atoms with E-state index in [1.807, 2.05) is 0 Å². The molecule has 0 saturated heterocycles. The van der Waals surface area contributed by atoms with E-state index >= 15 is 0 Å². The van der Waals surface area contributed by atoms with E-state index in [4.69, 9.17) is 0 Å². The largest absolute Gasteiger partial charge is 0.0622 e. The first-order valence-corrected chi connectivity index (χ1v) is 21.4. The van der Waals surface area contributed by atoms with Gasteiger partial charge >= 0.3 is 0 Å². The molecule has 0 aromatic heterocycles. The molecule has 0 amide bonds. The van der Waals surface area contributed by atoms with Gasteiger partial charge in [0.05, 0.1) is 0 Å². The lowest BCUT2D eigenvalue weighted by Crippen LogP contribution is -1.92. The van der Waals surface area contributed by atoms with Crippen LogP contribution >= 0.6 is 0 Å². The Bertz CT molecular complexity index is 3170. The highest BCUT2D eigenvalue weighted by Gasteiger charge is 2.17. The fourth-order valence-corrected chi connectivity index (χ4v) is 9.19. The Hall–Kier alpha value is -8.06. The van der Waals surface area contributed by atoms with Crippen molar-refractivity contribution in [1.82, 2.24) is 0 Å². The third-order valence-electron chi connectivity index (χ3n) is 12.2. The molecule has 0 aliphatic rings. The van der Waals surface area contributed by atoms with Crippen molar-refractivity contribution in [3.63, 3.8) is 0 Å². The highest BCUT2D eigenvalue weighted by molar-refractivity contribution is 6.21. The van der Waals surface area contributed by atoms with Crippen LogP contribution in [-0.2, 0) is 0 Å². The van der Waals surface area contributed by atoms with Gasteiger partial charge in [-0.25, -0.2) is 0 Å². The molecule has 0 spiro atoms. The summed E-state index contributed by atoms with van der Waals surface area (Å²) in [7, 11) is 0. The summed E-state index contributed by atoms with van der Waals surface area (Å²) in [6.45, 7) is 0. The van der Waals surface area contributed by atoms with Gasteiger partial charge in [-0.05, 0) is 134 Å². The molecule has 290 valence electrons. The number of hydrogen-bond acceptors (Lipinski definition) is 0. The highest BCUT2D eigenvalue weighted by Crippen LogP contribution is 2.44. The number of rotatable bonds is 8. The topological polar surface area (TPSA) is 0 Å². The summed E-state index contributed by atoms with van der Waals surface area (Å²) < 4.78 is 0. The van der Waals surface area contributed by atoms with Crippen molar-refractivity contribution < 1.29 is 0 Å². The molecule has 11 rings (SSSR count). The van der Waals surface area contributed by atoms with Crippen LogP contribution in [-0.4, -0.2) is 0 Å². The Kier molecular flexibility index (Phi) is 9.65. The van der Waals surface area contributed by atoms with Crippen LogP contribution in [0.25, 0.3) is 88.6 Å². The van der Waals surface area contributed by atoms with Gasteiger partial charge < -0.3 is 0 Å². The summed E-state index contributed by atoms with van der Waals surface area (Å²) in [6.07, 6.45) is 4.65. The standard InChI is InChI=1S/C62H42/c1-3-17-47(18-4-1)59(53-37-35-45-15-7-9-21-51(45)41-53)39-43-27-31-49(32-28-43)61-55-23-11-13-25-57(55)62(58-26-14-12-24-56(58)61)50-33-29-44(30-34-50)40-60(48-19-5-2-6-20-48)54-38-36-46-16-8-10-22-52(46)42-54/h1-42H/b59-39-,60-40+. The van der Waals surface area contributed by atoms with Crippen LogP contribution in [0.5, 0.6) is 0 Å². The SMILES string of the molecule is C(=C(\c1ccccc1)c1ccc2ccccc2c1)/c1ccc(-c2c3ccccc3c(-c3ccc(/C=C(\c4ccccc4)c4ccc5ccccc5c4)cc3)c3ccccc23)cc1. The van der Waals surface area contributed by atoms with Crippen molar-refractivity contribution >= 4 is 66.4 Å². The smallest absolute Gasteiger partial charge is 0.00264 e. The lowest BCUT2D eigenvalue weighted by Gasteiger charge is -2.18. The molecule has 0 aliphatic carbocycles. The lowest BCUT2D eigenvalue weighted by molar-refractivity contribution is 1.56. The minimum absolute atomic E-state index is 1.16. The van der Waals surface area contributed by atoms with E-state index in [0.717, 1.165) is 11.1 Å². The summed E-state index contributed by atoms with van der Waals surface area (Å²) in [4.78, 5) is 0. The maximum atomic E-state index is 2.33. The molecule has 0 unspecified atom stereocenters. The van der Waals surface area contributed by atoms with Crippen molar-refractivity contribution in [3.8, 4) is 22.3 Å². The quantitative estimate of drug-likeness (QED) is 0.106. The van der Waals surface area contributed by atoms with Gasteiger partial charge in [-0.2, -0.15) is 0 Å². The summed E-state index contributed by atoms with van der Waals surface area (Å²) in [5.41, 5.74) is 14.5. The number of benzene rings is 11. The van der Waals surface area contributed by atoms with E-state index < -0.39 is 0 Å². The second-order valence-electron chi connectivity index (χ2n) is 16.1. The van der Waals surface area contributed by atoms with Crippen LogP contribution in [0.1, 0.15) is 33.4 Å². The van der Waals surface area contributed by atoms with Gasteiger partial charge in [-0.1, -0.05) is 231 Å². The Balaban J connectivity index is 0.989. The average Bonchev–Trinajstić information content (AvgIpc) is 3.35. The molecule has 11 aromatic carbocycles. The molecule has 0 N–H and O–H groups in total. The van der Waals surface area contributed by atoms with Crippen LogP contribution in [0.4, 0.5) is 0 Å². The summed E-state index contributed by atoms with van der Waals surface area (Å²) in [5, 5.41) is 9.97. The van der Waals surface area contributed by atoms with Crippen LogP contribution < -0.4 is 0 Å². The summed E-state index contributed by atoms with van der Waals surface area (Å²) in [5.74, 6) is 0. The molecule has 62 heavy (non-hydrogen) atoms. The normalized spacial score (nSPS) is 12.1. The molecule has 0 heterocycles. The average molecular weight is 787 g/mol. The molecule has 0 nitrogen and oxygen atoms in total. The summed E-state index contributed by atoms with van der Waals surface area (Å²) in [6, 6.07) is 88.2. The van der Waals surface area contributed by atoms with Gasteiger partial charge in [0, 0.05) is 0 Å². The maximum Gasteiger partial charge on any atom is -0.00264 e. The minimum atomic E-state index is 1.16. The van der Waals surface area contributed by atoms with E-state index in [2.05, 4.69) is 255 Å². The second kappa shape index (κ2) is 16.2. The molecule has 11 aromatic rings. The van der Waals surface area contributed by atoms with E-state index in [1.165, 1.54) is 98.7 Å². The zero-order valence-electron chi connectivity index (χ0n) is 34.2.